The Morgan fingerprint density at radius 1 is 0.848 bits per heavy atom. The second kappa shape index (κ2) is 18.9. The van der Waals surface area contributed by atoms with Gasteiger partial charge in [0.1, 0.15) is 0 Å². The highest BCUT2D eigenvalue weighted by Gasteiger charge is 2.15. The van der Waals surface area contributed by atoms with Crippen molar-refractivity contribution >= 4 is 22.2 Å². The van der Waals surface area contributed by atoms with Gasteiger partial charge in [-0.1, -0.05) is 27.0 Å². The van der Waals surface area contributed by atoms with Crippen LogP contribution in [-0.4, -0.2) is 95.5 Å². The van der Waals surface area contributed by atoms with Gasteiger partial charge >= 0.3 is 0 Å². The van der Waals surface area contributed by atoms with Gasteiger partial charge in [0.15, 0.2) is 13.3 Å². The molecule has 2 amide bonds. The second-order valence-electron chi connectivity index (χ2n) is 8.78. The molecule has 0 spiro atoms. The van der Waals surface area contributed by atoms with Crippen molar-refractivity contribution in [1.29, 1.82) is 0 Å². The fraction of sp³-hybridized carbons (Fsp3) is 0.714. The van der Waals surface area contributed by atoms with E-state index in [0.717, 1.165) is 42.0 Å². The van der Waals surface area contributed by atoms with Crippen molar-refractivity contribution in [1.82, 2.24) is 10.6 Å². The van der Waals surface area contributed by atoms with Crippen molar-refractivity contribution in [3.05, 3.63) is 24.3 Å². The molecule has 0 heterocycles. The lowest BCUT2D eigenvalue weighted by molar-refractivity contribution is -0.892. The molecule has 0 aromatic carbocycles. The molecule has 12 heteroatoms. The Morgan fingerprint density at radius 2 is 1.09 bits per heavy atom. The van der Waals surface area contributed by atoms with Crippen LogP contribution in [0.3, 0.4) is 0 Å². The summed E-state index contributed by atoms with van der Waals surface area (Å²) < 4.78 is 32.7. The predicted molar refractivity (Wildman–Crippen MR) is 127 cm³/mol. The van der Waals surface area contributed by atoms with Gasteiger partial charge in [-0.05, 0) is 26.7 Å². The average molecular weight is 517 g/mol. The third-order valence-electron chi connectivity index (χ3n) is 3.97. The maximum absolute atomic E-state index is 11.2. The van der Waals surface area contributed by atoms with Crippen LogP contribution in [0.2, 0.25) is 0 Å². The van der Waals surface area contributed by atoms with Crippen LogP contribution in [0, 0.1) is 0 Å². The molecule has 0 aromatic heterocycles. The highest BCUT2D eigenvalue weighted by Crippen LogP contribution is 1.98. The third-order valence-corrected chi connectivity index (χ3v) is 4.38. The molecule has 0 aliphatic carbocycles. The molecule has 10 nitrogen and oxygen atoms in total. The SMILES string of the molecule is C=C(C)C(=O)NC[N+](C)(C)CCC.C=C(C)C(=O)NC[N+](C)(C)CCC.COS(=O)(=O)[O-].[Cl-]. The zero-order valence-electron chi connectivity index (χ0n) is 21.8. The fourth-order valence-corrected chi connectivity index (χ4v) is 2.24. The largest absolute Gasteiger partial charge is 1.00 e. The van der Waals surface area contributed by atoms with Gasteiger partial charge in [0, 0.05) is 11.1 Å². The van der Waals surface area contributed by atoms with Crippen molar-refractivity contribution in [2.24, 2.45) is 0 Å². The van der Waals surface area contributed by atoms with Crippen LogP contribution < -0.4 is 23.0 Å². The molecule has 0 saturated carbocycles. The lowest BCUT2D eigenvalue weighted by Crippen LogP contribution is -3.00. The van der Waals surface area contributed by atoms with E-state index in [-0.39, 0.29) is 24.2 Å². The van der Waals surface area contributed by atoms with Gasteiger partial charge in [0.05, 0.1) is 48.4 Å². The number of nitrogens with zero attached hydrogens (tertiary/aromatic N) is 2. The summed E-state index contributed by atoms with van der Waals surface area (Å²) in [5.41, 5.74) is 1.13. The number of rotatable bonds is 11. The Morgan fingerprint density at radius 3 is 1.24 bits per heavy atom. The van der Waals surface area contributed by atoms with Gasteiger partial charge in [-0.2, -0.15) is 0 Å². The minimum Gasteiger partial charge on any atom is -1.00 e. The molecule has 0 saturated heterocycles. The summed E-state index contributed by atoms with van der Waals surface area (Å²) >= 11 is 0. The van der Waals surface area contributed by atoms with Crippen LogP contribution in [0.5, 0.6) is 0 Å². The quantitative estimate of drug-likeness (QED) is 0.111. The average Bonchev–Trinajstić information content (AvgIpc) is 2.64. The van der Waals surface area contributed by atoms with Gasteiger partial charge in [0.25, 0.3) is 11.8 Å². The van der Waals surface area contributed by atoms with E-state index in [9.17, 15) is 22.6 Å². The molecule has 0 atom stereocenters. The molecule has 2 N–H and O–H groups in total. The zero-order valence-corrected chi connectivity index (χ0v) is 23.4. The number of carbonyl (C=O) groups is 2. The van der Waals surface area contributed by atoms with E-state index in [0.29, 0.717) is 24.5 Å². The van der Waals surface area contributed by atoms with Crippen LogP contribution in [-0.2, 0) is 24.2 Å². The van der Waals surface area contributed by atoms with Gasteiger partial charge in [-0.3, -0.25) is 13.8 Å². The van der Waals surface area contributed by atoms with Crippen molar-refractivity contribution < 1.29 is 48.1 Å². The van der Waals surface area contributed by atoms with E-state index in [1.54, 1.807) is 13.8 Å². The predicted octanol–water partition coefficient (Wildman–Crippen LogP) is -1.66. The van der Waals surface area contributed by atoms with Crippen LogP contribution in [0.15, 0.2) is 24.3 Å². The van der Waals surface area contributed by atoms with E-state index in [2.05, 4.69) is 70.0 Å². The standard InChI is InChI=1S/2C10H20N2O.CH4O4S.ClH/c2*1-6-7-12(4,5)8-11-10(13)9(2)3;1-5-6(2,3)4;/h2*2,6-8H2,1,3-5H3;1H3,(H,2,3,4);1H. The first-order valence-corrected chi connectivity index (χ1v) is 11.7. The summed E-state index contributed by atoms with van der Waals surface area (Å²) in [5.74, 6) is -0.107. The van der Waals surface area contributed by atoms with E-state index in [1.807, 2.05) is 0 Å². The summed E-state index contributed by atoms with van der Waals surface area (Å²) in [6, 6.07) is 0. The summed E-state index contributed by atoms with van der Waals surface area (Å²) in [6.45, 7) is 18.3. The van der Waals surface area contributed by atoms with Crippen LogP contribution in [0.25, 0.3) is 0 Å². The highest BCUT2D eigenvalue weighted by molar-refractivity contribution is 7.80. The molecule has 0 fully saturated rings. The first kappa shape index (κ1) is 38.7. The maximum Gasteiger partial charge on any atom is 0.250 e. The van der Waals surface area contributed by atoms with Gasteiger partial charge in [-0.15, -0.1) is 0 Å². The number of hydrogen-bond acceptors (Lipinski definition) is 6. The Bertz CT molecular complexity index is 666. The molecular formula is C21H45ClN4O6S. The third kappa shape index (κ3) is 28.5. The first-order valence-electron chi connectivity index (χ1n) is 10.4. The molecule has 0 aliphatic rings. The topological polar surface area (TPSA) is 125 Å². The maximum atomic E-state index is 11.2. The van der Waals surface area contributed by atoms with E-state index in [4.69, 9.17) is 0 Å². The number of quaternary nitrogens is 2. The Hall–Kier alpha value is -1.50. The minimum absolute atomic E-state index is 0. The molecule has 0 unspecified atom stereocenters. The Balaban J connectivity index is -0.000000201. The number of hydrogen-bond donors (Lipinski definition) is 2. The van der Waals surface area contributed by atoms with Crippen molar-refractivity contribution in [3.8, 4) is 0 Å². The lowest BCUT2D eigenvalue weighted by atomic mass is 10.3. The second-order valence-corrected chi connectivity index (χ2v) is 9.93. The monoisotopic (exact) mass is 516 g/mol. The molecule has 198 valence electrons. The smallest absolute Gasteiger partial charge is 0.250 e. The van der Waals surface area contributed by atoms with Gasteiger partial charge in [-0.25, -0.2) is 8.42 Å². The molecule has 0 rings (SSSR count). The zero-order chi connectivity index (χ0) is 26.2. The molecule has 33 heavy (non-hydrogen) atoms. The van der Waals surface area contributed by atoms with Crippen LogP contribution in [0.1, 0.15) is 40.5 Å². The Labute approximate surface area is 207 Å². The van der Waals surface area contributed by atoms with Gasteiger partial charge < -0.3 is 36.6 Å². The summed E-state index contributed by atoms with van der Waals surface area (Å²) in [7, 11) is 4.79. The van der Waals surface area contributed by atoms with E-state index in [1.165, 1.54) is 0 Å². The van der Waals surface area contributed by atoms with E-state index < -0.39 is 10.4 Å². The lowest BCUT2D eigenvalue weighted by Gasteiger charge is -2.29. The fourth-order valence-electron chi connectivity index (χ4n) is 2.24. The Kier molecular flexibility index (Phi) is 22.2. The molecule has 0 bridgehead atoms. The number of halogens is 1. The highest BCUT2D eigenvalue weighted by atomic mass is 35.5. The van der Waals surface area contributed by atoms with E-state index >= 15 is 0 Å². The first-order chi connectivity index (χ1) is 14.3. The van der Waals surface area contributed by atoms with Crippen molar-refractivity contribution in [3.63, 3.8) is 0 Å². The minimum atomic E-state index is -4.41. The summed E-state index contributed by atoms with van der Waals surface area (Å²) in [6.07, 6.45) is 2.24. The number of amides is 2. The van der Waals surface area contributed by atoms with Crippen LogP contribution >= 0.6 is 0 Å². The molecule has 0 aromatic rings. The van der Waals surface area contributed by atoms with Crippen molar-refractivity contribution in [2.75, 3.05) is 61.7 Å². The summed E-state index contributed by atoms with van der Waals surface area (Å²) in [5, 5.41) is 5.68. The van der Waals surface area contributed by atoms with Gasteiger partial charge in [0.2, 0.25) is 10.4 Å². The summed E-state index contributed by atoms with van der Waals surface area (Å²) in [4.78, 5) is 22.3. The molecule has 0 radical (unpaired) electrons. The van der Waals surface area contributed by atoms with Crippen LogP contribution in [0.4, 0.5) is 0 Å². The molecule has 0 aliphatic heterocycles. The number of nitrogens with one attached hydrogen (secondary N) is 2. The number of carbonyl (C=O) groups excluding carboxylic acids is 2. The van der Waals surface area contributed by atoms with Crippen molar-refractivity contribution in [2.45, 2.75) is 40.5 Å². The normalized spacial score (nSPS) is 10.8. The molecular weight excluding hydrogens is 472 g/mol.